The maximum absolute atomic E-state index is 9.04. The standard InChI is InChI=1S/C11H19N3OS/c1-13-4-3-5-14(2)10(6-13)11-12-9(7-15)8-16-11/h8,10,15H,3-7H2,1-2H3. The number of thiazole rings is 1. The molecule has 1 aromatic heterocycles. The molecule has 0 aliphatic carbocycles. The first-order valence-electron chi connectivity index (χ1n) is 5.64. The maximum atomic E-state index is 9.04. The van der Waals surface area contributed by atoms with Gasteiger partial charge in [-0.05, 0) is 33.6 Å². The molecule has 2 heterocycles. The maximum Gasteiger partial charge on any atom is 0.111 e. The minimum Gasteiger partial charge on any atom is -0.390 e. The van der Waals surface area contributed by atoms with Crippen LogP contribution in [-0.4, -0.2) is 53.6 Å². The third-order valence-electron chi connectivity index (χ3n) is 3.08. The lowest BCUT2D eigenvalue weighted by Crippen LogP contribution is -2.30. The van der Waals surface area contributed by atoms with E-state index in [4.69, 9.17) is 5.11 Å². The average Bonchev–Trinajstić information content (AvgIpc) is 2.67. The topological polar surface area (TPSA) is 39.6 Å². The first-order chi connectivity index (χ1) is 7.70. The van der Waals surface area contributed by atoms with Gasteiger partial charge in [0.2, 0.25) is 0 Å². The molecule has 0 bridgehead atoms. The molecule has 1 aliphatic heterocycles. The molecule has 0 aromatic carbocycles. The molecule has 0 amide bonds. The summed E-state index contributed by atoms with van der Waals surface area (Å²) in [6, 6.07) is 0.373. The molecule has 0 saturated carbocycles. The van der Waals surface area contributed by atoms with Crippen LogP contribution in [0.4, 0.5) is 0 Å². The van der Waals surface area contributed by atoms with E-state index in [1.54, 1.807) is 11.3 Å². The summed E-state index contributed by atoms with van der Waals surface area (Å²) >= 11 is 1.66. The summed E-state index contributed by atoms with van der Waals surface area (Å²) < 4.78 is 0. The van der Waals surface area contributed by atoms with E-state index in [0.29, 0.717) is 6.04 Å². The van der Waals surface area contributed by atoms with Crippen molar-refractivity contribution in [1.82, 2.24) is 14.8 Å². The summed E-state index contributed by atoms with van der Waals surface area (Å²) in [4.78, 5) is 9.20. The second kappa shape index (κ2) is 5.23. The lowest BCUT2D eigenvalue weighted by atomic mass is 10.2. The van der Waals surface area contributed by atoms with Gasteiger partial charge < -0.3 is 10.0 Å². The smallest absolute Gasteiger partial charge is 0.111 e. The van der Waals surface area contributed by atoms with Crippen LogP contribution in [0.3, 0.4) is 0 Å². The molecule has 0 radical (unpaired) electrons. The SMILES string of the molecule is CN1CCCN(C)C(c2nc(CO)cs2)C1. The van der Waals surface area contributed by atoms with Gasteiger partial charge in [0.1, 0.15) is 5.01 Å². The Bertz CT molecular complexity index is 342. The monoisotopic (exact) mass is 241 g/mol. The van der Waals surface area contributed by atoms with E-state index < -0.39 is 0 Å². The molecule has 1 unspecified atom stereocenters. The quantitative estimate of drug-likeness (QED) is 0.836. The van der Waals surface area contributed by atoms with Gasteiger partial charge in [0.25, 0.3) is 0 Å². The van der Waals surface area contributed by atoms with Crippen molar-refractivity contribution in [3.05, 3.63) is 16.1 Å². The number of aliphatic hydroxyl groups excluding tert-OH is 1. The predicted octanol–water partition coefficient (Wildman–Crippen LogP) is 0.944. The van der Waals surface area contributed by atoms with Gasteiger partial charge in [-0.2, -0.15) is 0 Å². The summed E-state index contributed by atoms with van der Waals surface area (Å²) in [7, 11) is 4.32. The number of aromatic nitrogens is 1. The molecule has 1 fully saturated rings. The Morgan fingerprint density at radius 3 is 3.00 bits per heavy atom. The highest BCUT2D eigenvalue weighted by Gasteiger charge is 2.24. The van der Waals surface area contributed by atoms with E-state index >= 15 is 0 Å². The minimum absolute atomic E-state index is 0.0444. The second-order valence-electron chi connectivity index (χ2n) is 4.45. The summed E-state index contributed by atoms with van der Waals surface area (Å²) in [6.45, 7) is 3.33. The molecule has 1 N–H and O–H groups in total. The molecule has 1 aliphatic rings. The van der Waals surface area contributed by atoms with Gasteiger partial charge in [-0.1, -0.05) is 0 Å². The van der Waals surface area contributed by atoms with Crippen molar-refractivity contribution in [1.29, 1.82) is 0 Å². The molecular formula is C11H19N3OS. The van der Waals surface area contributed by atoms with Gasteiger partial charge in [-0.3, -0.25) is 4.90 Å². The third kappa shape index (κ3) is 2.60. The molecule has 5 heteroatoms. The fraction of sp³-hybridized carbons (Fsp3) is 0.727. The fourth-order valence-corrected chi connectivity index (χ4v) is 3.05. The lowest BCUT2D eigenvalue weighted by Gasteiger charge is -2.25. The van der Waals surface area contributed by atoms with Crippen molar-refractivity contribution >= 4 is 11.3 Å². The summed E-state index contributed by atoms with van der Waals surface area (Å²) in [5.41, 5.74) is 0.792. The predicted molar refractivity (Wildman–Crippen MR) is 65.5 cm³/mol. The van der Waals surface area contributed by atoms with Gasteiger partial charge in [0, 0.05) is 11.9 Å². The van der Waals surface area contributed by atoms with Crippen LogP contribution in [0.15, 0.2) is 5.38 Å². The summed E-state index contributed by atoms with van der Waals surface area (Å²) in [6.07, 6.45) is 1.21. The third-order valence-corrected chi connectivity index (χ3v) is 4.08. The van der Waals surface area contributed by atoms with Crippen molar-refractivity contribution in [2.45, 2.75) is 19.1 Å². The molecule has 1 saturated heterocycles. The fourth-order valence-electron chi connectivity index (χ4n) is 2.09. The Kier molecular flexibility index (Phi) is 3.91. The van der Waals surface area contributed by atoms with E-state index in [1.165, 1.54) is 6.42 Å². The van der Waals surface area contributed by atoms with Crippen LogP contribution in [0.5, 0.6) is 0 Å². The largest absolute Gasteiger partial charge is 0.390 e. The van der Waals surface area contributed by atoms with Crippen LogP contribution in [-0.2, 0) is 6.61 Å². The van der Waals surface area contributed by atoms with Crippen LogP contribution >= 0.6 is 11.3 Å². The second-order valence-corrected chi connectivity index (χ2v) is 5.34. The van der Waals surface area contributed by atoms with Crippen LogP contribution in [0, 0.1) is 0 Å². The Labute approximate surface area is 101 Å². The zero-order chi connectivity index (χ0) is 11.5. The number of nitrogens with zero attached hydrogens (tertiary/aromatic N) is 3. The first-order valence-corrected chi connectivity index (χ1v) is 6.52. The van der Waals surface area contributed by atoms with Crippen molar-refractivity contribution in [3.8, 4) is 0 Å². The molecule has 4 nitrogen and oxygen atoms in total. The highest BCUT2D eigenvalue weighted by Crippen LogP contribution is 2.25. The number of likely N-dealkylation sites (N-methyl/N-ethyl adjacent to an activating group) is 2. The van der Waals surface area contributed by atoms with Gasteiger partial charge in [0.05, 0.1) is 18.3 Å². The Hall–Kier alpha value is -0.490. The Morgan fingerprint density at radius 1 is 1.50 bits per heavy atom. The molecule has 1 atom stereocenters. The van der Waals surface area contributed by atoms with Crippen molar-refractivity contribution < 1.29 is 5.11 Å². The number of hydrogen-bond acceptors (Lipinski definition) is 5. The zero-order valence-electron chi connectivity index (χ0n) is 9.89. The average molecular weight is 241 g/mol. The van der Waals surface area contributed by atoms with Gasteiger partial charge in [-0.25, -0.2) is 4.98 Å². The van der Waals surface area contributed by atoms with Crippen LogP contribution in [0.25, 0.3) is 0 Å². The van der Waals surface area contributed by atoms with Gasteiger partial charge in [-0.15, -0.1) is 11.3 Å². The van der Waals surface area contributed by atoms with E-state index in [-0.39, 0.29) is 6.61 Å². The summed E-state index contributed by atoms with van der Waals surface area (Å²) in [5.74, 6) is 0. The first kappa shape index (κ1) is 12.0. The molecule has 1 aromatic rings. The van der Waals surface area contributed by atoms with Crippen LogP contribution in [0.1, 0.15) is 23.2 Å². The highest BCUT2D eigenvalue weighted by molar-refractivity contribution is 7.09. The van der Waals surface area contributed by atoms with Crippen molar-refractivity contribution in [3.63, 3.8) is 0 Å². The van der Waals surface area contributed by atoms with E-state index in [2.05, 4.69) is 28.9 Å². The van der Waals surface area contributed by atoms with Gasteiger partial charge in [0.15, 0.2) is 0 Å². The molecule has 0 spiro atoms. The van der Waals surface area contributed by atoms with E-state index in [0.717, 1.165) is 30.3 Å². The van der Waals surface area contributed by atoms with Crippen LogP contribution < -0.4 is 0 Å². The minimum atomic E-state index is 0.0444. The molecule has 16 heavy (non-hydrogen) atoms. The normalized spacial score (nSPS) is 24.6. The van der Waals surface area contributed by atoms with Gasteiger partial charge >= 0.3 is 0 Å². The number of aliphatic hydroxyl groups is 1. The van der Waals surface area contributed by atoms with E-state index in [1.807, 2.05) is 5.38 Å². The van der Waals surface area contributed by atoms with E-state index in [9.17, 15) is 0 Å². The highest BCUT2D eigenvalue weighted by atomic mass is 32.1. The molecular weight excluding hydrogens is 222 g/mol. The number of rotatable bonds is 2. The molecule has 2 rings (SSSR count). The Morgan fingerprint density at radius 2 is 2.31 bits per heavy atom. The van der Waals surface area contributed by atoms with Crippen molar-refractivity contribution in [2.75, 3.05) is 33.7 Å². The summed E-state index contributed by atoms with van der Waals surface area (Å²) in [5, 5.41) is 12.1. The lowest BCUT2D eigenvalue weighted by molar-refractivity contribution is 0.226. The number of hydrogen-bond donors (Lipinski definition) is 1. The zero-order valence-corrected chi connectivity index (χ0v) is 10.7. The van der Waals surface area contributed by atoms with Crippen molar-refractivity contribution in [2.24, 2.45) is 0 Å². The van der Waals surface area contributed by atoms with Crippen LogP contribution in [0.2, 0.25) is 0 Å². The Balaban J connectivity index is 2.15. The molecule has 90 valence electrons.